The van der Waals surface area contributed by atoms with Crippen LogP contribution >= 0.6 is 0 Å². The van der Waals surface area contributed by atoms with Gasteiger partial charge in [0.1, 0.15) is 11.4 Å². The summed E-state index contributed by atoms with van der Waals surface area (Å²) in [7, 11) is 0. The number of rotatable bonds is 2. The third kappa shape index (κ3) is 1.82. The molecular formula is C16H11NO4. The second kappa shape index (κ2) is 4.56. The zero-order chi connectivity index (χ0) is 15.1. The van der Waals surface area contributed by atoms with Crippen LogP contribution in [0.2, 0.25) is 0 Å². The minimum Gasteiger partial charge on any atom is -0.506 e. The molecule has 0 bridgehead atoms. The minimum absolute atomic E-state index is 0.0591. The van der Waals surface area contributed by atoms with Crippen molar-refractivity contribution in [3.8, 4) is 5.75 Å². The Morgan fingerprint density at radius 2 is 1.52 bits per heavy atom. The molecule has 2 amide bonds. The third-order valence-electron chi connectivity index (χ3n) is 3.41. The van der Waals surface area contributed by atoms with Crippen molar-refractivity contribution in [1.82, 2.24) is 0 Å². The number of phenolic OH excluding ortho intramolecular Hbond substituents is 1. The molecule has 1 heterocycles. The standard InChI is InChI=1S/C16H11NO4/c1-9(18)10-7-4-8-13(19)14(10)17-15(20)11-5-2-3-6-12(11)16(17)21/h2-8,19H,1H3. The summed E-state index contributed by atoms with van der Waals surface area (Å²) in [4.78, 5) is 37.4. The molecule has 1 N–H and O–H groups in total. The normalized spacial score (nSPS) is 13.5. The number of para-hydroxylation sites is 1. The van der Waals surface area contributed by atoms with E-state index in [0.717, 1.165) is 4.90 Å². The van der Waals surface area contributed by atoms with Crippen molar-refractivity contribution in [3.63, 3.8) is 0 Å². The molecule has 2 aromatic carbocycles. The average molecular weight is 281 g/mol. The Kier molecular flexibility index (Phi) is 2.83. The van der Waals surface area contributed by atoms with E-state index >= 15 is 0 Å². The number of Topliss-reactive ketones (excluding diaryl/α,β-unsaturated/α-hetero) is 1. The van der Waals surface area contributed by atoms with Gasteiger partial charge in [0.25, 0.3) is 11.8 Å². The van der Waals surface area contributed by atoms with Crippen molar-refractivity contribution in [2.75, 3.05) is 4.90 Å². The molecule has 21 heavy (non-hydrogen) atoms. The smallest absolute Gasteiger partial charge is 0.266 e. The summed E-state index contributed by atoms with van der Waals surface area (Å²) in [6, 6.07) is 10.7. The lowest BCUT2D eigenvalue weighted by atomic mass is 10.1. The van der Waals surface area contributed by atoms with Crippen molar-refractivity contribution in [3.05, 3.63) is 59.2 Å². The molecule has 0 fully saturated rings. The van der Waals surface area contributed by atoms with Crippen molar-refractivity contribution in [2.24, 2.45) is 0 Å². The van der Waals surface area contributed by atoms with Crippen LogP contribution in [0.4, 0.5) is 5.69 Å². The van der Waals surface area contributed by atoms with Crippen LogP contribution < -0.4 is 4.90 Å². The highest BCUT2D eigenvalue weighted by Gasteiger charge is 2.39. The fourth-order valence-electron chi connectivity index (χ4n) is 2.44. The first-order chi connectivity index (χ1) is 10.0. The van der Waals surface area contributed by atoms with Crippen LogP contribution in [-0.4, -0.2) is 22.7 Å². The number of fused-ring (bicyclic) bond motifs is 1. The third-order valence-corrected chi connectivity index (χ3v) is 3.41. The Bertz CT molecular complexity index is 760. The van der Waals surface area contributed by atoms with Crippen LogP contribution in [0, 0.1) is 0 Å². The molecule has 1 aliphatic heterocycles. The van der Waals surface area contributed by atoms with E-state index in [-0.39, 0.29) is 33.9 Å². The van der Waals surface area contributed by atoms with E-state index in [1.54, 1.807) is 24.3 Å². The van der Waals surface area contributed by atoms with Gasteiger partial charge in [-0.3, -0.25) is 14.4 Å². The molecule has 0 spiro atoms. The number of carbonyl (C=O) groups excluding carboxylic acids is 3. The topological polar surface area (TPSA) is 74.7 Å². The molecule has 0 saturated heterocycles. The Morgan fingerprint density at radius 3 is 2.05 bits per heavy atom. The molecule has 0 saturated carbocycles. The molecule has 104 valence electrons. The van der Waals surface area contributed by atoms with Crippen molar-refractivity contribution in [2.45, 2.75) is 6.92 Å². The monoisotopic (exact) mass is 281 g/mol. The Balaban J connectivity index is 2.23. The SMILES string of the molecule is CC(=O)c1cccc(O)c1N1C(=O)c2ccccc2C1=O. The number of hydrogen-bond acceptors (Lipinski definition) is 4. The first kappa shape index (κ1) is 13.1. The number of amides is 2. The molecule has 1 aliphatic rings. The fraction of sp³-hybridized carbons (Fsp3) is 0.0625. The average Bonchev–Trinajstić information content (AvgIpc) is 2.72. The zero-order valence-corrected chi connectivity index (χ0v) is 11.2. The lowest BCUT2D eigenvalue weighted by Gasteiger charge is -2.18. The number of benzene rings is 2. The summed E-state index contributed by atoms with van der Waals surface area (Å²) in [5.74, 6) is -1.70. The van der Waals surface area contributed by atoms with Crippen LogP contribution in [0.3, 0.4) is 0 Å². The number of ketones is 1. The molecule has 5 nitrogen and oxygen atoms in total. The van der Waals surface area contributed by atoms with E-state index in [1.807, 2.05) is 0 Å². The molecular weight excluding hydrogens is 270 g/mol. The van der Waals surface area contributed by atoms with Gasteiger partial charge in [0.2, 0.25) is 0 Å². The van der Waals surface area contributed by atoms with Gasteiger partial charge < -0.3 is 5.11 Å². The highest BCUT2D eigenvalue weighted by Crippen LogP contribution is 2.37. The van der Waals surface area contributed by atoms with Gasteiger partial charge >= 0.3 is 0 Å². The van der Waals surface area contributed by atoms with Crippen LogP contribution in [-0.2, 0) is 0 Å². The van der Waals surface area contributed by atoms with Crippen molar-refractivity contribution in [1.29, 1.82) is 0 Å². The summed E-state index contributed by atoms with van der Waals surface area (Å²) < 4.78 is 0. The molecule has 2 aromatic rings. The lowest BCUT2D eigenvalue weighted by molar-refractivity contribution is 0.0925. The van der Waals surface area contributed by atoms with Crippen LogP contribution in [0.1, 0.15) is 38.0 Å². The number of aromatic hydroxyl groups is 1. The molecule has 0 radical (unpaired) electrons. The van der Waals surface area contributed by atoms with Gasteiger partial charge in [-0.05, 0) is 31.2 Å². The minimum atomic E-state index is -0.542. The lowest BCUT2D eigenvalue weighted by Crippen LogP contribution is -2.30. The van der Waals surface area contributed by atoms with Crippen LogP contribution in [0.5, 0.6) is 5.75 Å². The highest BCUT2D eigenvalue weighted by atomic mass is 16.3. The Labute approximate surface area is 120 Å². The van der Waals surface area contributed by atoms with Gasteiger partial charge in [-0.25, -0.2) is 4.90 Å². The van der Waals surface area contributed by atoms with E-state index in [0.29, 0.717) is 0 Å². The van der Waals surface area contributed by atoms with Gasteiger partial charge in [-0.1, -0.05) is 18.2 Å². The van der Waals surface area contributed by atoms with Crippen molar-refractivity contribution >= 4 is 23.3 Å². The molecule has 0 atom stereocenters. The number of hydrogen-bond donors (Lipinski definition) is 1. The zero-order valence-electron chi connectivity index (χ0n) is 11.2. The summed E-state index contributed by atoms with van der Waals surface area (Å²) in [5.41, 5.74) is 0.598. The molecule has 0 aromatic heterocycles. The maximum atomic E-state index is 12.4. The Hall–Kier alpha value is -2.95. The number of carbonyl (C=O) groups is 3. The number of anilines is 1. The van der Waals surface area contributed by atoms with Crippen LogP contribution in [0.15, 0.2) is 42.5 Å². The van der Waals surface area contributed by atoms with E-state index in [9.17, 15) is 19.5 Å². The van der Waals surface area contributed by atoms with Gasteiger partial charge in [0.05, 0.1) is 11.1 Å². The van der Waals surface area contributed by atoms with Gasteiger partial charge in [0.15, 0.2) is 5.78 Å². The number of imide groups is 1. The van der Waals surface area contributed by atoms with Gasteiger partial charge in [0, 0.05) is 5.56 Å². The van der Waals surface area contributed by atoms with Gasteiger partial charge in [-0.15, -0.1) is 0 Å². The van der Waals surface area contributed by atoms with E-state index in [4.69, 9.17) is 0 Å². The summed E-state index contributed by atoms with van der Waals surface area (Å²) in [5, 5.41) is 10.0. The highest BCUT2D eigenvalue weighted by molar-refractivity contribution is 6.35. The molecule has 0 unspecified atom stereocenters. The van der Waals surface area contributed by atoms with E-state index < -0.39 is 11.8 Å². The molecule has 0 aliphatic carbocycles. The molecule has 5 heteroatoms. The van der Waals surface area contributed by atoms with Crippen LogP contribution in [0.25, 0.3) is 0 Å². The van der Waals surface area contributed by atoms with E-state index in [1.165, 1.54) is 25.1 Å². The van der Waals surface area contributed by atoms with Gasteiger partial charge in [-0.2, -0.15) is 0 Å². The summed E-state index contributed by atoms with van der Waals surface area (Å²) >= 11 is 0. The first-order valence-electron chi connectivity index (χ1n) is 6.33. The maximum absolute atomic E-state index is 12.4. The number of phenols is 1. The second-order valence-corrected chi connectivity index (χ2v) is 4.72. The van der Waals surface area contributed by atoms with Crippen molar-refractivity contribution < 1.29 is 19.5 Å². The second-order valence-electron chi connectivity index (χ2n) is 4.72. The fourth-order valence-corrected chi connectivity index (χ4v) is 2.44. The maximum Gasteiger partial charge on any atom is 0.266 e. The predicted octanol–water partition coefficient (Wildman–Crippen LogP) is 2.40. The largest absolute Gasteiger partial charge is 0.506 e. The number of nitrogens with zero attached hydrogens (tertiary/aromatic N) is 1. The Morgan fingerprint density at radius 1 is 0.952 bits per heavy atom. The molecule has 3 rings (SSSR count). The van der Waals surface area contributed by atoms with E-state index in [2.05, 4.69) is 0 Å². The quantitative estimate of drug-likeness (QED) is 0.677. The predicted molar refractivity (Wildman–Crippen MR) is 75.7 cm³/mol. The summed E-state index contributed by atoms with van der Waals surface area (Å²) in [6.07, 6.45) is 0. The summed E-state index contributed by atoms with van der Waals surface area (Å²) in [6.45, 7) is 1.32. The first-order valence-corrected chi connectivity index (χ1v) is 6.33.